The number of aromatic nitrogens is 3. The van der Waals surface area contributed by atoms with Crippen molar-refractivity contribution in [2.75, 3.05) is 19.0 Å². The summed E-state index contributed by atoms with van der Waals surface area (Å²) in [6.45, 7) is 2.72. The fourth-order valence-corrected chi connectivity index (χ4v) is 2.42. The van der Waals surface area contributed by atoms with Gasteiger partial charge in [0.2, 0.25) is 0 Å². The Morgan fingerprint density at radius 3 is 2.64 bits per heavy atom. The minimum Gasteiger partial charge on any atom is -0.497 e. The molecule has 3 aromatic rings. The number of hydrogen-bond donors (Lipinski definition) is 1. The number of nitrogens with zero attached hydrogens (tertiary/aromatic N) is 3. The Morgan fingerprint density at radius 2 is 1.93 bits per heavy atom. The normalized spacial score (nSPS) is 11.5. The predicted molar refractivity (Wildman–Crippen MR) is 104 cm³/mol. The summed E-state index contributed by atoms with van der Waals surface area (Å²) in [5, 5.41) is 6.85. The van der Waals surface area contributed by atoms with Crippen molar-refractivity contribution in [1.82, 2.24) is 14.8 Å². The van der Waals surface area contributed by atoms with Crippen molar-refractivity contribution in [3.8, 4) is 17.2 Å². The lowest BCUT2D eigenvalue weighted by molar-refractivity contribution is -0.122. The first-order valence-electron chi connectivity index (χ1n) is 8.81. The molecule has 28 heavy (non-hydrogen) atoms. The predicted octanol–water partition coefficient (Wildman–Crippen LogP) is 2.77. The second-order valence-electron chi connectivity index (χ2n) is 5.96. The van der Waals surface area contributed by atoms with Crippen molar-refractivity contribution in [1.29, 1.82) is 0 Å². The van der Waals surface area contributed by atoms with E-state index >= 15 is 0 Å². The van der Waals surface area contributed by atoms with Crippen molar-refractivity contribution in [2.24, 2.45) is 0 Å². The molecule has 0 aliphatic carbocycles. The fraction of sp³-hybridized carbons (Fsp3) is 0.250. The summed E-state index contributed by atoms with van der Waals surface area (Å²) in [6, 6.07) is 14.3. The molecule has 0 saturated carbocycles. The maximum Gasteiger partial charge on any atom is 0.265 e. The van der Waals surface area contributed by atoms with Gasteiger partial charge in [-0.1, -0.05) is 6.07 Å². The highest BCUT2D eigenvalue weighted by Crippen LogP contribution is 2.20. The lowest BCUT2D eigenvalue weighted by Crippen LogP contribution is -2.30. The van der Waals surface area contributed by atoms with Crippen LogP contribution in [-0.4, -0.2) is 40.5 Å². The van der Waals surface area contributed by atoms with Gasteiger partial charge >= 0.3 is 0 Å². The molecule has 8 nitrogen and oxygen atoms in total. The third-order valence-corrected chi connectivity index (χ3v) is 3.90. The van der Waals surface area contributed by atoms with E-state index in [1.807, 2.05) is 12.1 Å². The van der Waals surface area contributed by atoms with Crippen molar-refractivity contribution >= 4 is 11.6 Å². The Kier molecular flexibility index (Phi) is 6.46. The number of carbonyl (C=O) groups excluding carboxylic acids is 1. The minimum atomic E-state index is -0.662. The highest BCUT2D eigenvalue weighted by molar-refractivity contribution is 5.94. The van der Waals surface area contributed by atoms with Crippen LogP contribution in [0.3, 0.4) is 0 Å². The summed E-state index contributed by atoms with van der Waals surface area (Å²) in [7, 11) is 1.60. The lowest BCUT2D eigenvalue weighted by Gasteiger charge is -2.15. The Bertz CT molecular complexity index is 881. The van der Waals surface area contributed by atoms with E-state index in [4.69, 9.17) is 14.2 Å². The van der Waals surface area contributed by atoms with Gasteiger partial charge in [-0.15, -0.1) is 0 Å². The maximum absolute atomic E-state index is 12.4. The Balaban J connectivity index is 1.51. The average molecular weight is 382 g/mol. The summed E-state index contributed by atoms with van der Waals surface area (Å²) in [6.07, 6.45) is 2.44. The van der Waals surface area contributed by atoms with E-state index in [0.717, 1.165) is 5.75 Å². The maximum atomic E-state index is 12.4. The molecule has 1 aromatic heterocycles. The van der Waals surface area contributed by atoms with E-state index in [1.165, 1.54) is 6.33 Å². The molecule has 0 aliphatic rings. The molecule has 0 bridgehead atoms. The summed E-state index contributed by atoms with van der Waals surface area (Å²) >= 11 is 0. The van der Waals surface area contributed by atoms with Crippen LogP contribution in [-0.2, 0) is 11.3 Å². The number of amides is 1. The number of benzene rings is 2. The zero-order chi connectivity index (χ0) is 19.8. The van der Waals surface area contributed by atoms with Crippen LogP contribution in [0.15, 0.2) is 61.2 Å². The van der Waals surface area contributed by atoms with Crippen LogP contribution >= 0.6 is 0 Å². The van der Waals surface area contributed by atoms with Gasteiger partial charge in [-0.3, -0.25) is 4.79 Å². The van der Waals surface area contributed by atoms with Gasteiger partial charge in [0, 0.05) is 11.8 Å². The molecule has 146 valence electrons. The van der Waals surface area contributed by atoms with Crippen molar-refractivity contribution in [3.05, 3.63) is 61.2 Å². The Hall–Kier alpha value is -3.55. The van der Waals surface area contributed by atoms with E-state index in [-0.39, 0.29) is 5.91 Å². The molecule has 0 aliphatic heterocycles. The SMILES string of the molecule is COc1ccc(OC(C)C(=O)Nc2cccc(OCCn3cncn3)c2)cc1. The van der Waals surface area contributed by atoms with Gasteiger partial charge in [0.1, 0.15) is 36.5 Å². The molecule has 3 rings (SSSR count). The minimum absolute atomic E-state index is 0.254. The first kappa shape index (κ1) is 19.2. The third kappa shape index (κ3) is 5.47. The van der Waals surface area contributed by atoms with Crippen molar-refractivity contribution in [3.63, 3.8) is 0 Å². The number of ether oxygens (including phenoxy) is 3. The molecule has 1 amide bonds. The molecule has 0 fully saturated rings. The summed E-state index contributed by atoms with van der Waals surface area (Å²) in [5.74, 6) is 1.72. The van der Waals surface area contributed by atoms with Gasteiger partial charge in [0.15, 0.2) is 6.10 Å². The molecule has 1 unspecified atom stereocenters. The van der Waals surface area contributed by atoms with Crippen LogP contribution in [0.25, 0.3) is 0 Å². The molecular weight excluding hydrogens is 360 g/mol. The summed E-state index contributed by atoms with van der Waals surface area (Å²) in [5.41, 5.74) is 0.633. The van der Waals surface area contributed by atoms with Gasteiger partial charge in [-0.05, 0) is 43.3 Å². The van der Waals surface area contributed by atoms with Gasteiger partial charge in [-0.25, -0.2) is 9.67 Å². The van der Waals surface area contributed by atoms with Crippen LogP contribution in [0.5, 0.6) is 17.2 Å². The van der Waals surface area contributed by atoms with E-state index in [2.05, 4.69) is 15.4 Å². The molecule has 1 N–H and O–H groups in total. The van der Waals surface area contributed by atoms with Crippen molar-refractivity contribution < 1.29 is 19.0 Å². The van der Waals surface area contributed by atoms with Gasteiger partial charge < -0.3 is 19.5 Å². The quantitative estimate of drug-likeness (QED) is 0.612. The van der Waals surface area contributed by atoms with Gasteiger partial charge in [0.25, 0.3) is 5.91 Å². The standard InChI is InChI=1S/C20H22N4O4/c1-15(28-18-8-6-17(26-2)7-9-18)20(25)23-16-4-3-5-19(12-16)27-11-10-24-14-21-13-22-24/h3-9,12-15H,10-11H2,1-2H3,(H,23,25). The van der Waals surface area contributed by atoms with E-state index in [1.54, 1.807) is 61.4 Å². The Morgan fingerprint density at radius 1 is 1.14 bits per heavy atom. The second kappa shape index (κ2) is 9.40. The number of nitrogens with one attached hydrogen (secondary N) is 1. The first-order chi connectivity index (χ1) is 13.6. The molecule has 0 radical (unpaired) electrons. The van der Waals surface area contributed by atoms with E-state index in [0.29, 0.717) is 30.3 Å². The van der Waals surface area contributed by atoms with Crippen LogP contribution in [0.2, 0.25) is 0 Å². The lowest BCUT2D eigenvalue weighted by atomic mass is 10.2. The van der Waals surface area contributed by atoms with Gasteiger partial charge in [-0.2, -0.15) is 5.10 Å². The summed E-state index contributed by atoms with van der Waals surface area (Å²) in [4.78, 5) is 16.3. The number of methoxy groups -OCH3 is 1. The highest BCUT2D eigenvalue weighted by Gasteiger charge is 2.15. The molecule has 8 heteroatoms. The number of rotatable bonds is 9. The molecule has 2 aromatic carbocycles. The highest BCUT2D eigenvalue weighted by atomic mass is 16.5. The topological polar surface area (TPSA) is 87.5 Å². The number of hydrogen-bond acceptors (Lipinski definition) is 6. The Labute approximate surface area is 163 Å². The molecule has 0 spiro atoms. The fourth-order valence-electron chi connectivity index (χ4n) is 2.42. The van der Waals surface area contributed by atoms with Crippen LogP contribution in [0, 0.1) is 0 Å². The van der Waals surface area contributed by atoms with Crippen LogP contribution in [0.1, 0.15) is 6.92 Å². The smallest absolute Gasteiger partial charge is 0.265 e. The number of carbonyl (C=O) groups is 1. The zero-order valence-corrected chi connectivity index (χ0v) is 15.7. The van der Waals surface area contributed by atoms with Crippen molar-refractivity contribution in [2.45, 2.75) is 19.6 Å². The molecule has 0 saturated heterocycles. The molecular formula is C20H22N4O4. The second-order valence-corrected chi connectivity index (χ2v) is 5.96. The van der Waals surface area contributed by atoms with Crippen LogP contribution in [0.4, 0.5) is 5.69 Å². The number of anilines is 1. The zero-order valence-electron chi connectivity index (χ0n) is 15.7. The van der Waals surface area contributed by atoms with Gasteiger partial charge in [0.05, 0.1) is 13.7 Å². The average Bonchev–Trinajstić information content (AvgIpc) is 3.22. The van der Waals surface area contributed by atoms with E-state index in [9.17, 15) is 4.79 Å². The largest absolute Gasteiger partial charge is 0.497 e. The first-order valence-corrected chi connectivity index (χ1v) is 8.81. The monoisotopic (exact) mass is 382 g/mol. The third-order valence-electron chi connectivity index (χ3n) is 3.90. The van der Waals surface area contributed by atoms with E-state index < -0.39 is 6.10 Å². The summed E-state index contributed by atoms with van der Waals surface area (Å²) < 4.78 is 18.2. The molecule has 1 heterocycles. The van der Waals surface area contributed by atoms with Crippen LogP contribution < -0.4 is 19.5 Å². The molecule has 1 atom stereocenters.